The van der Waals surface area contributed by atoms with Crippen molar-refractivity contribution < 1.29 is 13.9 Å². The maximum Gasteiger partial charge on any atom is 0.134 e. The summed E-state index contributed by atoms with van der Waals surface area (Å²) < 4.78 is 23.9. The van der Waals surface area contributed by atoms with Crippen molar-refractivity contribution in [1.82, 2.24) is 5.32 Å². The minimum absolute atomic E-state index is 0.0650. The summed E-state index contributed by atoms with van der Waals surface area (Å²) in [6.45, 7) is 5.85. The van der Waals surface area contributed by atoms with E-state index in [1.54, 1.807) is 26.2 Å². The maximum atomic E-state index is 13.1. The third kappa shape index (κ3) is 4.71. The summed E-state index contributed by atoms with van der Waals surface area (Å²) in [7, 11) is 1.64. The van der Waals surface area contributed by atoms with Crippen LogP contribution in [0.4, 0.5) is 4.39 Å². The van der Waals surface area contributed by atoms with Crippen molar-refractivity contribution in [2.75, 3.05) is 26.8 Å². The highest BCUT2D eigenvalue weighted by molar-refractivity contribution is 5.29. The normalized spacial score (nSPS) is 12.5. The average Bonchev–Trinajstić information content (AvgIpc) is 2.31. The van der Waals surface area contributed by atoms with E-state index in [0.29, 0.717) is 24.5 Å². The van der Waals surface area contributed by atoms with E-state index >= 15 is 0 Å². The Hall–Kier alpha value is -1.13. The van der Waals surface area contributed by atoms with E-state index in [-0.39, 0.29) is 11.9 Å². The molecule has 96 valence electrons. The lowest BCUT2D eigenvalue weighted by Gasteiger charge is -2.19. The van der Waals surface area contributed by atoms with Gasteiger partial charge >= 0.3 is 0 Å². The molecule has 3 nitrogen and oxygen atoms in total. The minimum atomic E-state index is -0.215. The molecule has 1 atom stereocenters. The molecule has 0 bridgehead atoms. The van der Waals surface area contributed by atoms with E-state index in [4.69, 9.17) is 9.47 Å². The molecular formula is C13H20FNO2. The van der Waals surface area contributed by atoms with Crippen LogP contribution in [0.3, 0.4) is 0 Å². The number of hydrogen-bond donors (Lipinski definition) is 1. The maximum absolute atomic E-state index is 13.1. The summed E-state index contributed by atoms with van der Waals surface area (Å²) in [4.78, 5) is 0. The molecule has 1 aromatic carbocycles. The molecule has 1 unspecified atom stereocenters. The summed E-state index contributed by atoms with van der Waals surface area (Å²) in [5.74, 6) is 0.455. The second-order valence-electron chi connectivity index (χ2n) is 3.91. The fourth-order valence-corrected chi connectivity index (χ4v) is 1.51. The molecule has 0 aromatic heterocycles. The number of methoxy groups -OCH3 is 1. The SMILES string of the molecule is CCNCC(COC)Oc1ccc(F)c(C)c1. The molecule has 0 aliphatic carbocycles. The fraction of sp³-hybridized carbons (Fsp3) is 0.538. The zero-order valence-electron chi connectivity index (χ0n) is 10.6. The molecule has 0 spiro atoms. The first kappa shape index (κ1) is 13.9. The standard InChI is InChI=1S/C13H20FNO2/c1-4-15-8-12(9-16-3)17-11-5-6-13(14)10(2)7-11/h5-7,12,15H,4,8-9H2,1-3H3. The highest BCUT2D eigenvalue weighted by atomic mass is 19.1. The molecule has 1 N–H and O–H groups in total. The smallest absolute Gasteiger partial charge is 0.134 e. The van der Waals surface area contributed by atoms with Gasteiger partial charge in [0.05, 0.1) is 6.61 Å². The van der Waals surface area contributed by atoms with E-state index in [1.807, 2.05) is 6.92 Å². The van der Waals surface area contributed by atoms with Crippen LogP contribution in [0.2, 0.25) is 0 Å². The Kier molecular flexibility index (Phi) is 5.94. The summed E-state index contributed by atoms with van der Waals surface area (Å²) in [6.07, 6.45) is -0.0650. The molecule has 17 heavy (non-hydrogen) atoms. The zero-order chi connectivity index (χ0) is 12.7. The highest BCUT2D eigenvalue weighted by Gasteiger charge is 2.10. The van der Waals surface area contributed by atoms with Crippen LogP contribution in [0, 0.1) is 12.7 Å². The summed E-state index contributed by atoms with van der Waals surface area (Å²) in [5.41, 5.74) is 0.585. The van der Waals surface area contributed by atoms with E-state index in [0.717, 1.165) is 6.54 Å². The highest BCUT2D eigenvalue weighted by Crippen LogP contribution is 2.17. The number of hydrogen-bond acceptors (Lipinski definition) is 3. The van der Waals surface area contributed by atoms with Gasteiger partial charge in [-0.2, -0.15) is 0 Å². The topological polar surface area (TPSA) is 30.5 Å². The van der Waals surface area contributed by atoms with Gasteiger partial charge in [-0.1, -0.05) is 6.92 Å². The summed E-state index contributed by atoms with van der Waals surface area (Å²) in [6, 6.07) is 4.75. The largest absolute Gasteiger partial charge is 0.487 e. The average molecular weight is 241 g/mol. The summed E-state index contributed by atoms with van der Waals surface area (Å²) in [5, 5.41) is 3.20. The number of halogens is 1. The van der Waals surface area contributed by atoms with Gasteiger partial charge in [0.1, 0.15) is 17.7 Å². The van der Waals surface area contributed by atoms with Gasteiger partial charge < -0.3 is 14.8 Å². The Morgan fingerprint density at radius 2 is 2.18 bits per heavy atom. The van der Waals surface area contributed by atoms with Crippen molar-refractivity contribution in [3.05, 3.63) is 29.6 Å². The monoisotopic (exact) mass is 241 g/mol. The third-order valence-corrected chi connectivity index (χ3v) is 2.41. The molecule has 0 saturated heterocycles. The Labute approximate surface area is 102 Å². The van der Waals surface area contributed by atoms with Crippen LogP contribution in [0.15, 0.2) is 18.2 Å². The van der Waals surface area contributed by atoms with Gasteiger partial charge in [-0.3, -0.25) is 0 Å². The Morgan fingerprint density at radius 1 is 1.41 bits per heavy atom. The number of likely N-dealkylation sites (N-methyl/N-ethyl adjacent to an activating group) is 1. The van der Waals surface area contributed by atoms with Crippen LogP contribution >= 0.6 is 0 Å². The van der Waals surface area contributed by atoms with Crippen LogP contribution in [0.1, 0.15) is 12.5 Å². The number of aryl methyl sites for hydroxylation is 1. The van der Waals surface area contributed by atoms with E-state index in [2.05, 4.69) is 5.32 Å². The van der Waals surface area contributed by atoms with Gasteiger partial charge in [0, 0.05) is 13.7 Å². The molecular weight excluding hydrogens is 221 g/mol. The molecule has 0 amide bonds. The first-order valence-electron chi connectivity index (χ1n) is 5.79. The van der Waals surface area contributed by atoms with E-state index < -0.39 is 0 Å². The molecule has 1 aromatic rings. The van der Waals surface area contributed by atoms with Gasteiger partial charge in [0.2, 0.25) is 0 Å². The number of benzene rings is 1. The molecule has 4 heteroatoms. The number of ether oxygens (including phenoxy) is 2. The Morgan fingerprint density at radius 3 is 2.76 bits per heavy atom. The lowest BCUT2D eigenvalue weighted by Crippen LogP contribution is -2.34. The number of rotatable bonds is 7. The van der Waals surface area contributed by atoms with Crippen LogP contribution in [-0.4, -0.2) is 32.9 Å². The quantitative estimate of drug-likeness (QED) is 0.793. The number of nitrogens with one attached hydrogen (secondary N) is 1. The molecule has 0 aliphatic heterocycles. The van der Waals surface area contributed by atoms with Crippen LogP contribution in [-0.2, 0) is 4.74 Å². The van der Waals surface area contributed by atoms with Crippen LogP contribution in [0.25, 0.3) is 0 Å². The molecule has 1 rings (SSSR count). The van der Waals surface area contributed by atoms with Crippen molar-refractivity contribution >= 4 is 0 Å². The van der Waals surface area contributed by atoms with Crippen LogP contribution in [0.5, 0.6) is 5.75 Å². The molecule has 0 fully saturated rings. The van der Waals surface area contributed by atoms with Gasteiger partial charge in [0.25, 0.3) is 0 Å². The van der Waals surface area contributed by atoms with Crippen molar-refractivity contribution in [2.24, 2.45) is 0 Å². The third-order valence-electron chi connectivity index (χ3n) is 2.41. The second kappa shape index (κ2) is 7.25. The van der Waals surface area contributed by atoms with Gasteiger partial charge in [-0.25, -0.2) is 4.39 Å². The predicted molar refractivity (Wildman–Crippen MR) is 66.0 cm³/mol. The molecule has 0 heterocycles. The van der Waals surface area contributed by atoms with Crippen molar-refractivity contribution in [1.29, 1.82) is 0 Å². The van der Waals surface area contributed by atoms with Gasteiger partial charge in [0.15, 0.2) is 0 Å². The first-order chi connectivity index (χ1) is 8.17. The lowest BCUT2D eigenvalue weighted by atomic mass is 10.2. The lowest BCUT2D eigenvalue weighted by molar-refractivity contribution is 0.0809. The summed E-state index contributed by atoms with van der Waals surface area (Å²) >= 11 is 0. The van der Waals surface area contributed by atoms with E-state index in [1.165, 1.54) is 6.07 Å². The Balaban J connectivity index is 2.61. The van der Waals surface area contributed by atoms with E-state index in [9.17, 15) is 4.39 Å². The van der Waals surface area contributed by atoms with Crippen molar-refractivity contribution in [2.45, 2.75) is 20.0 Å². The second-order valence-corrected chi connectivity index (χ2v) is 3.91. The van der Waals surface area contributed by atoms with Gasteiger partial charge in [-0.15, -0.1) is 0 Å². The fourth-order valence-electron chi connectivity index (χ4n) is 1.51. The molecule has 0 saturated carbocycles. The predicted octanol–water partition coefficient (Wildman–Crippen LogP) is 2.14. The minimum Gasteiger partial charge on any atom is -0.487 e. The Bertz CT molecular complexity index is 344. The molecule has 0 radical (unpaired) electrons. The van der Waals surface area contributed by atoms with Crippen molar-refractivity contribution in [3.63, 3.8) is 0 Å². The zero-order valence-corrected chi connectivity index (χ0v) is 10.6. The molecule has 0 aliphatic rings. The van der Waals surface area contributed by atoms with Crippen LogP contribution < -0.4 is 10.1 Å². The first-order valence-corrected chi connectivity index (χ1v) is 5.79. The van der Waals surface area contributed by atoms with Gasteiger partial charge in [-0.05, 0) is 37.2 Å². The van der Waals surface area contributed by atoms with Crippen molar-refractivity contribution in [3.8, 4) is 5.75 Å².